The van der Waals surface area contributed by atoms with E-state index in [0.29, 0.717) is 11.9 Å². The van der Waals surface area contributed by atoms with Gasteiger partial charge in [0.05, 0.1) is 6.33 Å². The van der Waals surface area contributed by atoms with Crippen LogP contribution in [0.2, 0.25) is 0 Å². The van der Waals surface area contributed by atoms with Crippen molar-refractivity contribution in [2.24, 2.45) is 0 Å². The summed E-state index contributed by atoms with van der Waals surface area (Å²) >= 11 is 0. The van der Waals surface area contributed by atoms with Crippen molar-refractivity contribution in [2.45, 2.75) is 32.2 Å². The number of hydrogen-bond donors (Lipinski definition) is 3. The number of aromatic amines is 1. The molecule has 1 atom stereocenters. The molecule has 0 spiro atoms. The fraction of sp³-hybridized carbons (Fsp3) is 0.667. The van der Waals surface area contributed by atoms with Crippen LogP contribution in [0.15, 0.2) is 11.1 Å². The summed E-state index contributed by atoms with van der Waals surface area (Å²) in [4.78, 5) is 20.2. The number of nitrogens with two attached hydrogens (primary N) is 1. The van der Waals surface area contributed by atoms with Crippen LogP contribution in [0.5, 0.6) is 0 Å². The molecular formula is C12H21N5O. The number of likely N-dealkylation sites (N-methyl/N-ethyl adjacent to an activating group) is 1. The van der Waals surface area contributed by atoms with Gasteiger partial charge in [-0.15, -0.1) is 0 Å². The van der Waals surface area contributed by atoms with Gasteiger partial charge in [0.25, 0.3) is 5.56 Å². The zero-order valence-electron chi connectivity index (χ0n) is 10.8. The minimum absolute atomic E-state index is 0.204. The summed E-state index contributed by atoms with van der Waals surface area (Å²) in [6.07, 6.45) is 5.08. The molecule has 6 nitrogen and oxygen atoms in total. The van der Waals surface area contributed by atoms with E-state index in [4.69, 9.17) is 5.73 Å². The highest BCUT2D eigenvalue weighted by Gasteiger charge is 2.18. The predicted octanol–water partition coefficient (Wildman–Crippen LogP) is 0.321. The largest absolute Gasteiger partial charge is 0.391 e. The second-order valence-corrected chi connectivity index (χ2v) is 4.65. The summed E-state index contributed by atoms with van der Waals surface area (Å²) in [7, 11) is 0. The van der Waals surface area contributed by atoms with Crippen LogP contribution < -0.4 is 21.5 Å². The lowest BCUT2D eigenvalue weighted by atomic mass is 10.0. The summed E-state index contributed by atoms with van der Waals surface area (Å²) in [5, 5.41) is 3.49. The summed E-state index contributed by atoms with van der Waals surface area (Å²) in [5.74, 6) is 0.591. The molecule has 0 amide bonds. The third kappa shape index (κ3) is 2.81. The number of anilines is 2. The number of H-pyrrole nitrogens is 1. The number of nitrogens with zero attached hydrogens (tertiary/aromatic N) is 2. The van der Waals surface area contributed by atoms with Crippen LogP contribution in [-0.4, -0.2) is 35.6 Å². The number of rotatable bonds is 4. The molecule has 6 heteroatoms. The Hall–Kier alpha value is -1.56. The summed E-state index contributed by atoms with van der Waals surface area (Å²) < 4.78 is 0. The lowest BCUT2D eigenvalue weighted by Crippen LogP contribution is -2.44. The van der Waals surface area contributed by atoms with E-state index in [-0.39, 0.29) is 11.2 Å². The third-order valence-electron chi connectivity index (χ3n) is 3.40. The highest BCUT2D eigenvalue weighted by Crippen LogP contribution is 2.17. The van der Waals surface area contributed by atoms with Crippen LogP contribution >= 0.6 is 0 Å². The Bertz CT molecular complexity index is 438. The second kappa shape index (κ2) is 5.86. The maximum atomic E-state index is 11.5. The van der Waals surface area contributed by atoms with Crippen molar-refractivity contribution in [2.75, 3.05) is 30.3 Å². The van der Waals surface area contributed by atoms with Crippen molar-refractivity contribution in [3.8, 4) is 0 Å². The van der Waals surface area contributed by atoms with Gasteiger partial charge in [-0.2, -0.15) is 0 Å². The molecule has 1 aliphatic rings. The molecule has 4 N–H and O–H groups in total. The zero-order chi connectivity index (χ0) is 13.0. The molecule has 100 valence electrons. The molecule has 0 aromatic carbocycles. The molecule has 2 rings (SSSR count). The van der Waals surface area contributed by atoms with E-state index in [0.717, 1.165) is 19.6 Å². The molecule has 1 aromatic heterocycles. The molecule has 1 aliphatic heterocycles. The molecule has 2 heterocycles. The third-order valence-corrected chi connectivity index (χ3v) is 3.40. The van der Waals surface area contributed by atoms with E-state index in [1.165, 1.54) is 25.6 Å². The van der Waals surface area contributed by atoms with Gasteiger partial charge < -0.3 is 20.9 Å². The van der Waals surface area contributed by atoms with E-state index >= 15 is 0 Å². The van der Waals surface area contributed by atoms with E-state index in [9.17, 15) is 4.79 Å². The van der Waals surface area contributed by atoms with Gasteiger partial charge >= 0.3 is 0 Å². The van der Waals surface area contributed by atoms with Crippen molar-refractivity contribution in [1.29, 1.82) is 0 Å². The Morgan fingerprint density at radius 2 is 2.39 bits per heavy atom. The SMILES string of the molecule is CCN(CC1CCCCN1)c1nc[nH]c(=O)c1N. The topological polar surface area (TPSA) is 87.0 Å². The van der Waals surface area contributed by atoms with E-state index in [1.807, 2.05) is 6.92 Å². The molecule has 0 radical (unpaired) electrons. The first-order chi connectivity index (χ1) is 8.72. The normalized spacial score (nSPS) is 19.7. The Morgan fingerprint density at radius 3 is 3.06 bits per heavy atom. The Labute approximate surface area is 107 Å². The average Bonchev–Trinajstić information content (AvgIpc) is 2.41. The van der Waals surface area contributed by atoms with Gasteiger partial charge in [0.1, 0.15) is 5.69 Å². The number of nitrogen functional groups attached to an aromatic ring is 1. The van der Waals surface area contributed by atoms with Gasteiger partial charge in [-0.3, -0.25) is 4.79 Å². The number of aromatic nitrogens is 2. The number of hydrogen-bond acceptors (Lipinski definition) is 5. The van der Waals surface area contributed by atoms with Crippen LogP contribution in [0.3, 0.4) is 0 Å². The van der Waals surface area contributed by atoms with Gasteiger partial charge in [0, 0.05) is 19.1 Å². The van der Waals surface area contributed by atoms with Gasteiger partial charge in [-0.1, -0.05) is 6.42 Å². The van der Waals surface area contributed by atoms with E-state index < -0.39 is 0 Å². The molecule has 0 bridgehead atoms. The van der Waals surface area contributed by atoms with Crippen molar-refractivity contribution < 1.29 is 0 Å². The van der Waals surface area contributed by atoms with E-state index in [1.54, 1.807) is 0 Å². The van der Waals surface area contributed by atoms with Crippen LogP contribution in [0.4, 0.5) is 11.5 Å². The van der Waals surface area contributed by atoms with Crippen molar-refractivity contribution in [1.82, 2.24) is 15.3 Å². The lowest BCUT2D eigenvalue weighted by molar-refractivity contribution is 0.400. The maximum absolute atomic E-state index is 11.5. The predicted molar refractivity (Wildman–Crippen MR) is 72.8 cm³/mol. The van der Waals surface area contributed by atoms with E-state index in [2.05, 4.69) is 20.2 Å². The second-order valence-electron chi connectivity index (χ2n) is 4.65. The monoisotopic (exact) mass is 251 g/mol. The van der Waals surface area contributed by atoms with Gasteiger partial charge in [0.15, 0.2) is 5.82 Å². The highest BCUT2D eigenvalue weighted by molar-refractivity contribution is 5.60. The van der Waals surface area contributed by atoms with Gasteiger partial charge in [-0.25, -0.2) is 4.98 Å². The molecule has 1 fully saturated rings. The van der Waals surface area contributed by atoms with Crippen molar-refractivity contribution in [3.63, 3.8) is 0 Å². The van der Waals surface area contributed by atoms with Crippen LogP contribution in [-0.2, 0) is 0 Å². The molecule has 18 heavy (non-hydrogen) atoms. The van der Waals surface area contributed by atoms with Gasteiger partial charge in [0.2, 0.25) is 0 Å². The van der Waals surface area contributed by atoms with Crippen LogP contribution in [0, 0.1) is 0 Å². The molecule has 1 saturated heterocycles. The first-order valence-electron chi connectivity index (χ1n) is 6.54. The average molecular weight is 251 g/mol. The molecular weight excluding hydrogens is 230 g/mol. The molecule has 1 unspecified atom stereocenters. The first-order valence-corrected chi connectivity index (χ1v) is 6.54. The fourth-order valence-corrected chi connectivity index (χ4v) is 2.36. The summed E-state index contributed by atoms with van der Waals surface area (Å²) in [5.41, 5.74) is 5.73. The summed E-state index contributed by atoms with van der Waals surface area (Å²) in [6.45, 7) is 4.75. The quantitative estimate of drug-likeness (QED) is 0.717. The standard InChI is InChI=1S/C12H21N5O/c1-2-17(7-9-5-3-4-6-14-9)11-10(13)12(18)16-8-15-11/h8-9,14H,2-7,13H2,1H3,(H,15,16,18). The molecule has 1 aromatic rings. The number of nitrogens with one attached hydrogen (secondary N) is 2. The Morgan fingerprint density at radius 1 is 1.56 bits per heavy atom. The van der Waals surface area contributed by atoms with Crippen LogP contribution in [0.25, 0.3) is 0 Å². The fourth-order valence-electron chi connectivity index (χ4n) is 2.36. The van der Waals surface area contributed by atoms with Crippen LogP contribution in [0.1, 0.15) is 26.2 Å². The first kappa shape index (κ1) is 12.9. The zero-order valence-corrected chi connectivity index (χ0v) is 10.8. The number of piperidine rings is 1. The smallest absolute Gasteiger partial charge is 0.276 e. The minimum Gasteiger partial charge on any atom is -0.391 e. The minimum atomic E-state index is -0.268. The lowest BCUT2D eigenvalue weighted by Gasteiger charge is -2.30. The van der Waals surface area contributed by atoms with Crippen molar-refractivity contribution in [3.05, 3.63) is 16.7 Å². The Balaban J connectivity index is 2.12. The summed E-state index contributed by atoms with van der Waals surface area (Å²) in [6, 6.07) is 0.458. The van der Waals surface area contributed by atoms with Gasteiger partial charge in [-0.05, 0) is 26.3 Å². The molecule has 0 saturated carbocycles. The maximum Gasteiger partial charge on any atom is 0.276 e. The van der Waals surface area contributed by atoms with Crippen molar-refractivity contribution >= 4 is 11.5 Å². The Kier molecular flexibility index (Phi) is 4.19. The highest BCUT2D eigenvalue weighted by atomic mass is 16.1. The molecule has 0 aliphatic carbocycles.